The van der Waals surface area contributed by atoms with Gasteiger partial charge in [-0.25, -0.2) is 8.78 Å². The maximum absolute atomic E-state index is 12.8. The summed E-state index contributed by atoms with van der Waals surface area (Å²) < 4.78 is 25.4. The molecule has 0 aliphatic rings. The second-order valence-electron chi connectivity index (χ2n) is 2.61. The van der Waals surface area contributed by atoms with Gasteiger partial charge in [-0.3, -0.25) is 4.79 Å². The highest BCUT2D eigenvalue weighted by Crippen LogP contribution is 2.19. The Labute approximate surface area is 96.0 Å². The second kappa shape index (κ2) is 5.92. The van der Waals surface area contributed by atoms with E-state index in [1.165, 1.54) is 23.9 Å². The molecule has 0 aliphatic carbocycles. The van der Waals surface area contributed by atoms with Crippen molar-refractivity contribution in [2.75, 3.05) is 5.08 Å². The van der Waals surface area contributed by atoms with Gasteiger partial charge in [-0.2, -0.15) is 12.6 Å². The van der Waals surface area contributed by atoms with Gasteiger partial charge in [-0.05, 0) is 23.8 Å². The maximum Gasteiger partial charge on any atom is 0.159 e. The van der Waals surface area contributed by atoms with E-state index in [-0.39, 0.29) is 0 Å². The molecule has 0 aliphatic heterocycles. The molecule has 0 spiro atoms. The van der Waals surface area contributed by atoms with Crippen LogP contribution in [0.1, 0.15) is 5.56 Å². The van der Waals surface area contributed by atoms with Crippen molar-refractivity contribution >= 4 is 36.8 Å². The fourth-order valence-corrected chi connectivity index (χ4v) is 1.83. The van der Waals surface area contributed by atoms with E-state index in [2.05, 4.69) is 12.6 Å². The van der Waals surface area contributed by atoms with Crippen LogP contribution in [0, 0.1) is 11.6 Å². The SMILES string of the molecule is O=C/C(=C/c1ccc(F)c(F)c1)SCS. The molecule has 1 nitrogen and oxygen atoms in total. The minimum atomic E-state index is -0.926. The first-order valence-electron chi connectivity index (χ1n) is 4.03. The Morgan fingerprint density at radius 2 is 2.13 bits per heavy atom. The number of hydrogen-bond acceptors (Lipinski definition) is 3. The van der Waals surface area contributed by atoms with Gasteiger partial charge in [-0.15, -0.1) is 11.8 Å². The fourth-order valence-electron chi connectivity index (χ4n) is 0.951. The van der Waals surface area contributed by atoms with Crippen molar-refractivity contribution in [3.63, 3.8) is 0 Å². The molecule has 0 aromatic heterocycles. The first-order chi connectivity index (χ1) is 7.17. The van der Waals surface area contributed by atoms with E-state index in [0.29, 0.717) is 21.8 Å². The third kappa shape index (κ3) is 3.68. The van der Waals surface area contributed by atoms with E-state index in [1.807, 2.05) is 0 Å². The number of thioether (sulfide) groups is 1. The number of carbonyl (C=O) groups excluding carboxylic acids is 1. The molecular formula is C10H8F2OS2. The van der Waals surface area contributed by atoms with Crippen molar-refractivity contribution in [1.29, 1.82) is 0 Å². The first kappa shape index (κ1) is 12.3. The van der Waals surface area contributed by atoms with Crippen LogP contribution >= 0.6 is 24.4 Å². The summed E-state index contributed by atoms with van der Waals surface area (Å²) in [5, 5.41) is 0.453. The molecule has 5 heteroatoms. The van der Waals surface area contributed by atoms with Crippen LogP contribution in [0.25, 0.3) is 6.08 Å². The monoisotopic (exact) mass is 246 g/mol. The molecule has 1 aromatic carbocycles. The summed E-state index contributed by atoms with van der Waals surface area (Å²) in [4.78, 5) is 11.0. The van der Waals surface area contributed by atoms with Crippen LogP contribution in [0.5, 0.6) is 0 Å². The highest BCUT2D eigenvalue weighted by atomic mass is 32.2. The normalized spacial score (nSPS) is 11.5. The Kier molecular flexibility index (Phi) is 4.84. The van der Waals surface area contributed by atoms with Crippen molar-refractivity contribution < 1.29 is 13.6 Å². The molecule has 0 heterocycles. The van der Waals surface area contributed by atoms with Crippen LogP contribution < -0.4 is 0 Å². The number of halogens is 2. The van der Waals surface area contributed by atoms with E-state index in [9.17, 15) is 13.6 Å². The van der Waals surface area contributed by atoms with Crippen LogP contribution in [0.3, 0.4) is 0 Å². The third-order valence-electron chi connectivity index (χ3n) is 1.60. The molecule has 0 bridgehead atoms. The zero-order valence-corrected chi connectivity index (χ0v) is 9.32. The standard InChI is InChI=1S/C10H8F2OS2/c11-9-2-1-7(4-10(9)12)3-8(5-13)15-6-14/h1-5,14H,6H2/b8-3-. The van der Waals surface area contributed by atoms with Crippen LogP contribution in [0.2, 0.25) is 0 Å². The minimum absolute atomic E-state index is 0.427. The average Bonchev–Trinajstić information content (AvgIpc) is 2.23. The van der Waals surface area contributed by atoms with Gasteiger partial charge >= 0.3 is 0 Å². The number of benzene rings is 1. The highest BCUT2D eigenvalue weighted by Gasteiger charge is 2.02. The lowest BCUT2D eigenvalue weighted by Gasteiger charge is -1.98. The molecule has 80 valence electrons. The summed E-state index contributed by atoms with van der Waals surface area (Å²) in [6.07, 6.45) is 2.14. The van der Waals surface area contributed by atoms with Gasteiger partial charge < -0.3 is 0 Å². The quantitative estimate of drug-likeness (QED) is 0.380. The lowest BCUT2D eigenvalue weighted by atomic mass is 10.2. The lowest BCUT2D eigenvalue weighted by molar-refractivity contribution is -0.104. The van der Waals surface area contributed by atoms with Gasteiger partial charge in [-0.1, -0.05) is 6.07 Å². The number of aldehydes is 1. The summed E-state index contributed by atoms with van der Waals surface area (Å²) in [5.41, 5.74) is 0.449. The lowest BCUT2D eigenvalue weighted by Crippen LogP contribution is -1.85. The Morgan fingerprint density at radius 1 is 1.40 bits per heavy atom. The number of carbonyl (C=O) groups is 1. The molecule has 15 heavy (non-hydrogen) atoms. The van der Waals surface area contributed by atoms with Crippen molar-refractivity contribution in [2.24, 2.45) is 0 Å². The number of hydrogen-bond donors (Lipinski definition) is 1. The molecule has 0 atom stereocenters. The van der Waals surface area contributed by atoms with Crippen molar-refractivity contribution in [2.45, 2.75) is 0 Å². The van der Waals surface area contributed by atoms with Crippen LogP contribution in [0.4, 0.5) is 8.78 Å². The fraction of sp³-hybridized carbons (Fsp3) is 0.100. The van der Waals surface area contributed by atoms with Gasteiger partial charge in [0.2, 0.25) is 0 Å². The molecule has 1 rings (SSSR count). The number of allylic oxidation sites excluding steroid dienone is 1. The highest BCUT2D eigenvalue weighted by molar-refractivity contribution is 8.12. The molecule has 0 unspecified atom stereocenters. The van der Waals surface area contributed by atoms with Crippen LogP contribution in [0.15, 0.2) is 23.1 Å². The van der Waals surface area contributed by atoms with E-state index in [1.54, 1.807) is 0 Å². The summed E-state index contributed by atoms with van der Waals surface area (Å²) in [7, 11) is 0. The van der Waals surface area contributed by atoms with Crippen molar-refractivity contribution in [1.82, 2.24) is 0 Å². The Morgan fingerprint density at radius 3 is 2.67 bits per heavy atom. The summed E-state index contributed by atoms with van der Waals surface area (Å²) in [5.74, 6) is -1.83. The van der Waals surface area contributed by atoms with Gasteiger partial charge in [0.15, 0.2) is 17.9 Å². The van der Waals surface area contributed by atoms with E-state index >= 15 is 0 Å². The molecule has 0 amide bonds. The molecule has 1 aromatic rings. The molecule has 0 radical (unpaired) electrons. The minimum Gasteiger partial charge on any atom is -0.297 e. The Hall–Kier alpha value is -0.810. The Balaban J connectivity index is 2.96. The predicted molar refractivity (Wildman–Crippen MR) is 61.8 cm³/mol. The summed E-state index contributed by atoms with van der Waals surface area (Å²) in [6, 6.07) is 3.47. The number of thiol groups is 1. The van der Waals surface area contributed by atoms with Gasteiger partial charge in [0.25, 0.3) is 0 Å². The van der Waals surface area contributed by atoms with Gasteiger partial charge in [0, 0.05) is 9.99 Å². The molecular weight excluding hydrogens is 238 g/mol. The van der Waals surface area contributed by atoms with Crippen molar-refractivity contribution in [3.8, 4) is 0 Å². The zero-order valence-electron chi connectivity index (χ0n) is 7.61. The third-order valence-corrected chi connectivity index (χ3v) is 2.66. The van der Waals surface area contributed by atoms with E-state index < -0.39 is 11.6 Å². The number of rotatable bonds is 4. The first-order valence-corrected chi connectivity index (χ1v) is 5.64. The average molecular weight is 246 g/mol. The molecule has 0 fully saturated rings. The Bertz CT molecular complexity index is 391. The smallest absolute Gasteiger partial charge is 0.159 e. The summed E-state index contributed by atoms with van der Waals surface area (Å²) >= 11 is 5.17. The maximum atomic E-state index is 12.8. The largest absolute Gasteiger partial charge is 0.297 e. The summed E-state index contributed by atoms with van der Waals surface area (Å²) in [6.45, 7) is 0. The topological polar surface area (TPSA) is 17.1 Å². The second-order valence-corrected chi connectivity index (χ2v) is 4.40. The van der Waals surface area contributed by atoms with E-state index in [0.717, 1.165) is 12.1 Å². The van der Waals surface area contributed by atoms with Crippen LogP contribution in [-0.2, 0) is 4.79 Å². The van der Waals surface area contributed by atoms with Gasteiger partial charge in [0.1, 0.15) is 0 Å². The van der Waals surface area contributed by atoms with Crippen LogP contribution in [-0.4, -0.2) is 11.4 Å². The molecule has 0 saturated heterocycles. The van der Waals surface area contributed by atoms with E-state index in [4.69, 9.17) is 0 Å². The molecule has 0 saturated carbocycles. The zero-order chi connectivity index (χ0) is 11.3. The van der Waals surface area contributed by atoms with Gasteiger partial charge in [0.05, 0.1) is 0 Å². The predicted octanol–water partition coefficient (Wildman–Crippen LogP) is 3.13. The molecule has 0 N–H and O–H groups in total. The van der Waals surface area contributed by atoms with Crippen molar-refractivity contribution in [3.05, 3.63) is 40.3 Å².